The second-order valence-electron chi connectivity index (χ2n) is 25.7. The summed E-state index contributed by atoms with van der Waals surface area (Å²) in [5.74, 6) is -3.94. The molecule has 21 nitrogen and oxygen atoms in total. The zero-order valence-corrected chi connectivity index (χ0v) is 53.8. The number of pyridine rings is 3. The number of carbonyl (C=O) groups is 3. The molecule has 532 valence electrons. The van der Waals surface area contributed by atoms with Crippen molar-refractivity contribution in [2.45, 2.75) is 108 Å². The van der Waals surface area contributed by atoms with Crippen LogP contribution in [0, 0.1) is 5.92 Å². The van der Waals surface area contributed by atoms with E-state index >= 15 is 0 Å². The minimum Gasteiger partial charge on any atom is -0.495 e. The van der Waals surface area contributed by atoms with Crippen LogP contribution < -0.4 is 39.1 Å². The zero-order chi connectivity index (χ0) is 71.6. The average molecular weight is 1420 g/mol. The monoisotopic (exact) mass is 1420 g/mol. The van der Waals surface area contributed by atoms with Crippen molar-refractivity contribution >= 4 is 18.2 Å². The van der Waals surface area contributed by atoms with Crippen molar-refractivity contribution in [3.8, 4) is 34.5 Å². The molecule has 3 aromatic heterocycles. The molecule has 3 aliphatic carbocycles. The molecular formula is C76H65F6N5O16. The van der Waals surface area contributed by atoms with Crippen molar-refractivity contribution in [2.75, 3.05) is 21.3 Å². The molecule has 3 saturated carbocycles. The Balaban J connectivity index is 0.000000130. The summed E-state index contributed by atoms with van der Waals surface area (Å²) < 4.78 is 127. The molecule has 0 spiro atoms. The number of carboxylic acids is 1. The molecule has 2 saturated heterocycles. The van der Waals surface area contributed by atoms with Crippen molar-refractivity contribution in [3.05, 3.63) is 268 Å². The number of nitrogens with zero attached hydrogens (tertiary/aromatic N) is 3. The number of methoxy groups -OCH3 is 3. The summed E-state index contributed by atoms with van der Waals surface area (Å²) in [6, 6.07) is 42.2. The van der Waals surface area contributed by atoms with Crippen LogP contribution in [0.25, 0.3) is 0 Å². The first-order chi connectivity index (χ1) is 49.1. The molecular weight excluding hydrogens is 1350 g/mol. The fourth-order valence-corrected chi connectivity index (χ4v) is 17.2. The predicted molar refractivity (Wildman–Crippen MR) is 351 cm³/mol. The number of fused-ring (bicyclic) bond motifs is 13. The Hall–Kier alpha value is -11.0. The van der Waals surface area contributed by atoms with Crippen LogP contribution in [0.3, 0.4) is 0 Å². The lowest BCUT2D eigenvalue weighted by Gasteiger charge is -2.41. The van der Waals surface area contributed by atoms with Crippen molar-refractivity contribution in [3.63, 3.8) is 0 Å². The standard InChI is InChI=1S/2C25H20F2N2O5.C25H21F2NO6.CH4/c2*1-32-16-11-28-12-17-19(16)24(31)21-20(29-23(30)33-21)18(13-5-3-2-4-6-13)25(24,34-17)15-9-7-14(8-10-15)22(26)27;1-33-16-11-28-12-17-20(16)24(32)21(29)18(23(30)31)19(13-5-3-2-4-6-13)25(24,34-17)15-9-7-14(8-10-15)22(26)27;/h2*2-12,18,20-22,31H,1H3,(H,29,30);2-12,18-19,21-22,29,32H,1H3,(H,30,31);1H4/t2*18-,20-,21-,24+,25+;18-,19-,21-,24+,25+;/m111./s1. The fraction of sp³-hybridized carbons (Fsp3) is 0.289. The maximum absolute atomic E-state index is 13.3. The number of alkyl carbamates (subject to hydrolysis) is 2. The van der Waals surface area contributed by atoms with E-state index in [1.54, 1.807) is 30.3 Å². The van der Waals surface area contributed by atoms with E-state index in [1.165, 1.54) is 131 Å². The van der Waals surface area contributed by atoms with Crippen LogP contribution in [0.5, 0.6) is 34.5 Å². The van der Waals surface area contributed by atoms with Gasteiger partial charge < -0.3 is 74.1 Å². The third kappa shape index (κ3) is 9.67. The number of benzene rings is 6. The molecule has 9 aromatic rings. The van der Waals surface area contributed by atoms with Crippen LogP contribution in [0.15, 0.2) is 201 Å². The molecule has 7 N–H and O–H groups in total. The van der Waals surface area contributed by atoms with Gasteiger partial charge in [0.2, 0.25) is 0 Å². The quantitative estimate of drug-likeness (QED) is 0.0528. The number of aromatic nitrogens is 3. The minimum atomic E-state index is -2.72. The van der Waals surface area contributed by atoms with E-state index in [4.69, 9.17) is 37.9 Å². The highest BCUT2D eigenvalue weighted by atomic mass is 19.3. The Morgan fingerprint density at radius 2 is 0.738 bits per heavy atom. The number of hydrogen-bond donors (Lipinski definition) is 7. The van der Waals surface area contributed by atoms with Gasteiger partial charge in [0.05, 0.1) is 105 Å². The largest absolute Gasteiger partial charge is 0.495 e. The Bertz CT molecular complexity index is 4520. The highest BCUT2D eigenvalue weighted by molar-refractivity contribution is 5.78. The van der Waals surface area contributed by atoms with E-state index in [9.17, 15) is 66.3 Å². The number of aliphatic carboxylic acids is 1. The molecule has 0 bridgehead atoms. The third-order valence-electron chi connectivity index (χ3n) is 21.2. The maximum atomic E-state index is 13.3. The average Bonchev–Trinajstić information content (AvgIpc) is 1.51. The van der Waals surface area contributed by atoms with Gasteiger partial charge >= 0.3 is 18.2 Å². The summed E-state index contributed by atoms with van der Waals surface area (Å²) in [5.41, 5.74) is -7.78. The number of rotatable bonds is 13. The number of halogens is 6. The van der Waals surface area contributed by atoms with Crippen molar-refractivity contribution in [2.24, 2.45) is 5.92 Å². The lowest BCUT2D eigenvalue weighted by atomic mass is 9.70. The smallest absolute Gasteiger partial charge is 0.407 e. The van der Waals surface area contributed by atoms with Gasteiger partial charge in [-0.05, 0) is 33.4 Å². The number of ether oxygens (including phenoxy) is 8. The van der Waals surface area contributed by atoms with Crippen molar-refractivity contribution in [1.29, 1.82) is 0 Å². The Kier molecular flexibility index (Phi) is 17.1. The van der Waals surface area contributed by atoms with Gasteiger partial charge in [-0.25, -0.2) is 35.9 Å². The number of nitrogens with one attached hydrogen (secondary N) is 2. The number of hydrogen-bond acceptors (Lipinski definition) is 18. The number of alkyl halides is 6. The molecule has 103 heavy (non-hydrogen) atoms. The van der Waals surface area contributed by atoms with Gasteiger partial charge in [0, 0.05) is 22.6 Å². The third-order valence-corrected chi connectivity index (χ3v) is 21.2. The first kappa shape index (κ1) is 69.1. The summed E-state index contributed by atoms with van der Waals surface area (Å²) in [6.45, 7) is 0. The number of carbonyl (C=O) groups excluding carboxylic acids is 2. The van der Waals surface area contributed by atoms with Crippen LogP contribution in [-0.2, 0) is 47.9 Å². The number of aliphatic hydroxyl groups excluding tert-OH is 1. The molecule has 15 atom stereocenters. The van der Waals surface area contributed by atoms with E-state index in [-0.39, 0.29) is 69.7 Å². The van der Waals surface area contributed by atoms with Gasteiger partial charge in [-0.2, -0.15) is 0 Å². The van der Waals surface area contributed by atoms with Crippen molar-refractivity contribution < 1.29 is 104 Å². The Morgan fingerprint density at radius 1 is 0.447 bits per heavy atom. The molecule has 27 heteroatoms. The minimum absolute atomic E-state index is 0. The van der Waals surface area contributed by atoms with Gasteiger partial charge in [-0.1, -0.05) is 171 Å². The van der Waals surface area contributed by atoms with Crippen LogP contribution >= 0.6 is 0 Å². The molecule has 6 aromatic carbocycles. The summed E-state index contributed by atoms with van der Waals surface area (Å²) in [6.07, 6.45) is -4.76. The summed E-state index contributed by atoms with van der Waals surface area (Å²) >= 11 is 0. The first-order valence-corrected chi connectivity index (χ1v) is 32.1. The van der Waals surface area contributed by atoms with E-state index in [1.807, 2.05) is 60.7 Å². The second kappa shape index (κ2) is 25.5. The SMILES string of the molecule is C.COc1cncc2c1[C@]1(O)[C@@H]3OC(=O)N[C@@H]3[C@@H](c3ccccc3)[C@]1(c1ccc(C(F)F)cc1)O2.COc1cncc2c1[C@]1(O)[C@@H]3OC(=O)N[C@@H]3[C@@H](c3ccccc3)[C@]1(c1ccc(C(F)F)cc1)O2.COc1cncc2c1[C@]1(O)[C@H](O)[C@H](C(=O)O)[C@@H](c3ccccc3)[C@]1(c1ccc(C(F)F)cc1)O2. The topological polar surface area (TPSA) is 289 Å². The van der Waals surface area contributed by atoms with E-state index in [0.29, 0.717) is 27.8 Å². The Morgan fingerprint density at radius 3 is 1.03 bits per heavy atom. The van der Waals surface area contributed by atoms with Gasteiger partial charge in [0.15, 0.2) is 45.8 Å². The van der Waals surface area contributed by atoms with Crippen molar-refractivity contribution in [1.82, 2.24) is 25.6 Å². The van der Waals surface area contributed by atoms with E-state index < -0.39 is 125 Å². The van der Waals surface area contributed by atoms with Crippen LogP contribution in [0.2, 0.25) is 0 Å². The number of amides is 2. The number of carboxylic acid groups (broad SMARTS) is 1. The summed E-state index contributed by atoms with van der Waals surface area (Å²) in [5, 5.41) is 64.8. The summed E-state index contributed by atoms with van der Waals surface area (Å²) in [4.78, 5) is 49.6. The lowest BCUT2D eigenvalue weighted by molar-refractivity contribution is -0.159. The lowest BCUT2D eigenvalue weighted by Crippen LogP contribution is -2.52. The highest BCUT2D eigenvalue weighted by Gasteiger charge is 2.83. The summed E-state index contributed by atoms with van der Waals surface area (Å²) in [7, 11) is 4.24. The molecule has 8 heterocycles. The Labute approximate surface area is 583 Å². The maximum Gasteiger partial charge on any atom is 0.407 e. The van der Waals surface area contributed by atoms with E-state index in [0.717, 1.165) is 11.1 Å². The first-order valence-electron chi connectivity index (χ1n) is 32.1. The van der Waals surface area contributed by atoms with E-state index in [2.05, 4.69) is 25.6 Å². The normalized spacial score (nSPS) is 30.0. The molecule has 0 radical (unpaired) electrons. The predicted octanol–water partition coefficient (Wildman–Crippen LogP) is 11.6. The molecule has 5 fully saturated rings. The van der Waals surface area contributed by atoms with Gasteiger partial charge in [0.1, 0.15) is 40.6 Å². The molecule has 17 rings (SSSR count). The second-order valence-corrected chi connectivity index (χ2v) is 25.7. The highest BCUT2D eigenvalue weighted by Crippen LogP contribution is 2.73. The molecule has 2 amide bonds. The zero-order valence-electron chi connectivity index (χ0n) is 53.8. The molecule has 8 aliphatic rings. The molecule has 0 unspecified atom stereocenters. The van der Waals surface area contributed by atoms with Crippen LogP contribution in [-0.4, -0.2) is 110 Å². The molecule has 5 aliphatic heterocycles. The number of aliphatic hydroxyl groups is 4. The van der Waals surface area contributed by atoms with Gasteiger partial charge in [0.25, 0.3) is 19.3 Å². The fourth-order valence-electron chi connectivity index (χ4n) is 17.2. The van der Waals surface area contributed by atoms with Crippen LogP contribution in [0.1, 0.15) is 111 Å². The van der Waals surface area contributed by atoms with Gasteiger partial charge in [-0.15, -0.1) is 0 Å². The van der Waals surface area contributed by atoms with Gasteiger partial charge in [-0.3, -0.25) is 19.7 Å². The van der Waals surface area contributed by atoms with Crippen LogP contribution in [0.4, 0.5) is 35.9 Å².